The molecule has 0 radical (unpaired) electrons. The fourth-order valence-corrected chi connectivity index (χ4v) is 2.88. The second-order valence-electron chi connectivity index (χ2n) is 6.53. The second-order valence-corrected chi connectivity index (χ2v) is 6.53. The normalized spacial score (nSPS) is 11.7. The van der Waals surface area contributed by atoms with Crippen LogP contribution in [0.5, 0.6) is 0 Å². The molecule has 7 heteroatoms. The lowest BCUT2D eigenvalue weighted by Gasteiger charge is -2.26. The zero-order valence-corrected chi connectivity index (χ0v) is 15.4. The minimum absolute atomic E-state index is 0.260. The van der Waals surface area contributed by atoms with Crippen LogP contribution in [0.1, 0.15) is 42.9 Å². The number of nitrogens with zero attached hydrogens (tertiary/aromatic N) is 4. The number of pyridine rings is 1. The Kier molecular flexibility index (Phi) is 4.99. The number of aromatic nitrogens is 4. The van der Waals surface area contributed by atoms with Crippen LogP contribution in [-0.2, 0) is 0 Å². The van der Waals surface area contributed by atoms with E-state index < -0.39 is 5.54 Å². The number of amides is 1. The van der Waals surface area contributed by atoms with E-state index in [-0.39, 0.29) is 5.91 Å². The zero-order valence-electron chi connectivity index (χ0n) is 15.4. The highest BCUT2D eigenvalue weighted by Gasteiger charge is 2.24. The molecule has 1 amide bonds. The molecular formula is C19H24N6O. The lowest BCUT2D eigenvalue weighted by Crippen LogP contribution is -2.49. The van der Waals surface area contributed by atoms with Crippen LogP contribution < -0.4 is 11.1 Å². The molecule has 3 rings (SSSR count). The van der Waals surface area contributed by atoms with Crippen molar-refractivity contribution in [2.45, 2.75) is 39.2 Å². The zero-order chi connectivity index (χ0) is 18.7. The molecule has 0 atom stereocenters. The Bertz CT molecular complexity index is 923. The average molecular weight is 352 g/mol. The standard InChI is InChI=1S/C19H24N6O/c1-4-19(20,5-2)12-22-18(26)17-13(3)25(24-23-17)16-10-6-9-15-14(16)8-7-11-21-15/h6-11H,4-5,12,20H2,1-3H3,(H,22,26). The first-order valence-electron chi connectivity index (χ1n) is 8.82. The van der Waals surface area contributed by atoms with Gasteiger partial charge in [0.05, 0.1) is 16.9 Å². The molecule has 0 saturated carbocycles. The SMILES string of the molecule is CCC(N)(CC)CNC(=O)c1nnn(-c2cccc3ncccc23)c1C. The molecule has 0 bridgehead atoms. The largest absolute Gasteiger partial charge is 0.349 e. The summed E-state index contributed by atoms with van der Waals surface area (Å²) in [6.07, 6.45) is 3.33. The summed E-state index contributed by atoms with van der Waals surface area (Å²) in [5.41, 5.74) is 8.54. The van der Waals surface area contributed by atoms with Gasteiger partial charge in [-0.3, -0.25) is 9.78 Å². The minimum Gasteiger partial charge on any atom is -0.349 e. The van der Waals surface area contributed by atoms with E-state index in [4.69, 9.17) is 5.73 Å². The van der Waals surface area contributed by atoms with E-state index in [9.17, 15) is 4.79 Å². The molecule has 0 aliphatic carbocycles. The molecule has 26 heavy (non-hydrogen) atoms. The van der Waals surface area contributed by atoms with Gasteiger partial charge < -0.3 is 11.1 Å². The van der Waals surface area contributed by atoms with E-state index in [2.05, 4.69) is 20.6 Å². The molecule has 0 spiro atoms. The van der Waals surface area contributed by atoms with Gasteiger partial charge in [-0.05, 0) is 44.0 Å². The minimum atomic E-state index is -0.402. The summed E-state index contributed by atoms with van der Waals surface area (Å²) in [5, 5.41) is 12.1. The second kappa shape index (κ2) is 7.21. The van der Waals surface area contributed by atoms with Gasteiger partial charge in [-0.1, -0.05) is 25.1 Å². The first-order chi connectivity index (χ1) is 12.5. The number of rotatable bonds is 6. The molecule has 0 aliphatic heterocycles. The Hall–Kier alpha value is -2.80. The maximum Gasteiger partial charge on any atom is 0.273 e. The van der Waals surface area contributed by atoms with Crippen molar-refractivity contribution in [1.29, 1.82) is 0 Å². The van der Waals surface area contributed by atoms with E-state index in [1.807, 2.05) is 51.1 Å². The number of benzene rings is 1. The summed E-state index contributed by atoms with van der Waals surface area (Å²) >= 11 is 0. The topological polar surface area (TPSA) is 98.7 Å². The first-order valence-corrected chi connectivity index (χ1v) is 8.82. The molecule has 0 aliphatic rings. The number of carbonyl (C=O) groups excluding carboxylic acids is 1. The molecule has 2 heterocycles. The number of hydrogen-bond acceptors (Lipinski definition) is 5. The smallest absolute Gasteiger partial charge is 0.273 e. The summed E-state index contributed by atoms with van der Waals surface area (Å²) in [6, 6.07) is 9.64. The van der Waals surface area contributed by atoms with E-state index >= 15 is 0 Å². The first kappa shape index (κ1) is 18.0. The Morgan fingerprint density at radius 2 is 2.00 bits per heavy atom. The molecule has 0 unspecified atom stereocenters. The highest BCUT2D eigenvalue weighted by Crippen LogP contribution is 2.21. The highest BCUT2D eigenvalue weighted by atomic mass is 16.2. The molecular weight excluding hydrogens is 328 g/mol. The number of hydrogen-bond donors (Lipinski definition) is 2. The summed E-state index contributed by atoms with van der Waals surface area (Å²) in [6.45, 7) is 6.28. The molecule has 3 aromatic rings. The predicted octanol–water partition coefficient (Wildman–Crippen LogP) is 2.37. The lowest BCUT2D eigenvalue weighted by molar-refractivity contribution is 0.0936. The molecule has 3 N–H and O–H groups in total. The average Bonchev–Trinajstić information content (AvgIpc) is 3.06. The Morgan fingerprint density at radius 1 is 1.23 bits per heavy atom. The van der Waals surface area contributed by atoms with Gasteiger partial charge in [-0.15, -0.1) is 5.10 Å². The molecule has 1 aromatic carbocycles. The van der Waals surface area contributed by atoms with Crippen molar-refractivity contribution >= 4 is 16.8 Å². The molecule has 0 saturated heterocycles. The van der Waals surface area contributed by atoms with Crippen LogP contribution in [0.2, 0.25) is 0 Å². The van der Waals surface area contributed by atoms with Crippen LogP contribution in [0.4, 0.5) is 0 Å². The third-order valence-corrected chi connectivity index (χ3v) is 4.97. The highest BCUT2D eigenvalue weighted by molar-refractivity contribution is 5.94. The van der Waals surface area contributed by atoms with Crippen molar-refractivity contribution in [2.24, 2.45) is 5.73 Å². The number of nitrogens with two attached hydrogens (primary N) is 1. The summed E-state index contributed by atoms with van der Waals surface area (Å²) < 4.78 is 1.67. The van der Waals surface area contributed by atoms with Crippen LogP contribution in [0, 0.1) is 6.92 Å². The van der Waals surface area contributed by atoms with Gasteiger partial charge in [-0.25, -0.2) is 4.68 Å². The van der Waals surface area contributed by atoms with Crippen LogP contribution in [0.25, 0.3) is 16.6 Å². The fraction of sp³-hybridized carbons (Fsp3) is 0.368. The summed E-state index contributed by atoms with van der Waals surface area (Å²) in [4.78, 5) is 16.9. The maximum absolute atomic E-state index is 12.6. The van der Waals surface area contributed by atoms with Crippen LogP contribution in [0.3, 0.4) is 0 Å². The Balaban J connectivity index is 1.89. The molecule has 0 fully saturated rings. The number of nitrogens with one attached hydrogen (secondary N) is 1. The van der Waals surface area contributed by atoms with Gasteiger partial charge in [-0.2, -0.15) is 0 Å². The van der Waals surface area contributed by atoms with Gasteiger partial charge in [0, 0.05) is 23.7 Å². The third-order valence-electron chi connectivity index (χ3n) is 4.97. The number of fused-ring (bicyclic) bond motifs is 1. The van der Waals surface area contributed by atoms with Crippen molar-refractivity contribution in [3.63, 3.8) is 0 Å². The fourth-order valence-electron chi connectivity index (χ4n) is 2.88. The monoisotopic (exact) mass is 352 g/mol. The quantitative estimate of drug-likeness (QED) is 0.709. The molecule has 136 valence electrons. The number of carbonyl (C=O) groups is 1. The van der Waals surface area contributed by atoms with E-state index in [1.54, 1.807) is 10.9 Å². The van der Waals surface area contributed by atoms with E-state index in [0.29, 0.717) is 17.9 Å². The van der Waals surface area contributed by atoms with Gasteiger partial charge in [0.15, 0.2) is 5.69 Å². The van der Waals surface area contributed by atoms with Crippen LogP contribution in [-0.4, -0.2) is 38.0 Å². The van der Waals surface area contributed by atoms with Crippen LogP contribution in [0.15, 0.2) is 36.5 Å². The van der Waals surface area contributed by atoms with Crippen molar-refractivity contribution in [2.75, 3.05) is 6.54 Å². The molecule has 2 aromatic heterocycles. The predicted molar refractivity (Wildman–Crippen MR) is 101 cm³/mol. The Morgan fingerprint density at radius 3 is 2.73 bits per heavy atom. The lowest BCUT2D eigenvalue weighted by atomic mass is 9.94. The molecule has 7 nitrogen and oxygen atoms in total. The van der Waals surface area contributed by atoms with Crippen molar-refractivity contribution in [3.8, 4) is 5.69 Å². The summed E-state index contributed by atoms with van der Waals surface area (Å²) in [5.74, 6) is -0.260. The third kappa shape index (κ3) is 3.30. The van der Waals surface area contributed by atoms with E-state index in [1.165, 1.54) is 0 Å². The van der Waals surface area contributed by atoms with Crippen molar-refractivity contribution < 1.29 is 4.79 Å². The Labute approximate surface area is 152 Å². The van der Waals surface area contributed by atoms with Crippen molar-refractivity contribution in [3.05, 3.63) is 47.9 Å². The van der Waals surface area contributed by atoms with Gasteiger partial charge in [0.1, 0.15) is 0 Å². The van der Waals surface area contributed by atoms with Gasteiger partial charge in [0.25, 0.3) is 5.91 Å². The maximum atomic E-state index is 12.6. The van der Waals surface area contributed by atoms with Crippen LogP contribution >= 0.6 is 0 Å². The van der Waals surface area contributed by atoms with E-state index in [0.717, 1.165) is 29.4 Å². The van der Waals surface area contributed by atoms with Crippen molar-refractivity contribution in [1.82, 2.24) is 25.3 Å². The van der Waals surface area contributed by atoms with Gasteiger partial charge in [0.2, 0.25) is 0 Å². The summed E-state index contributed by atoms with van der Waals surface area (Å²) in [7, 11) is 0. The van der Waals surface area contributed by atoms with Gasteiger partial charge >= 0.3 is 0 Å².